The van der Waals surface area contributed by atoms with Gasteiger partial charge in [0.25, 0.3) is 0 Å². The number of nitrogens with zero attached hydrogens (tertiary/aromatic N) is 2. The molecular formula is C6H3BrN2S2. The van der Waals surface area contributed by atoms with E-state index in [1.165, 1.54) is 0 Å². The zero-order valence-electron chi connectivity index (χ0n) is 5.32. The normalized spacial score (nSPS) is 10.3. The van der Waals surface area contributed by atoms with Crippen LogP contribution >= 0.6 is 38.6 Å². The van der Waals surface area contributed by atoms with Gasteiger partial charge in [-0.05, 0) is 15.9 Å². The third-order valence-electron chi connectivity index (χ3n) is 1.13. The van der Waals surface area contributed by atoms with E-state index in [1.807, 2.05) is 16.3 Å². The monoisotopic (exact) mass is 246 g/mol. The molecular weight excluding hydrogens is 244 g/mol. The maximum Gasteiger partial charge on any atom is 0.144 e. The lowest BCUT2D eigenvalue weighted by Gasteiger charge is -1.83. The van der Waals surface area contributed by atoms with Gasteiger partial charge in [-0.25, -0.2) is 9.97 Å². The average molecular weight is 247 g/mol. The maximum absolute atomic E-state index is 4.23. The highest BCUT2D eigenvalue weighted by Gasteiger charge is 2.03. The average Bonchev–Trinajstić information content (AvgIpc) is 2.55. The number of halogens is 1. The molecule has 0 unspecified atom stereocenters. The Labute approximate surface area is 80.1 Å². The van der Waals surface area contributed by atoms with Crippen LogP contribution in [-0.2, 0) is 0 Å². The molecule has 2 aromatic rings. The number of rotatable bonds is 1. The Morgan fingerprint density at radius 2 is 2.27 bits per heavy atom. The number of hydrogen-bond acceptors (Lipinski definition) is 4. The van der Waals surface area contributed by atoms with Gasteiger partial charge in [0.1, 0.15) is 15.3 Å². The van der Waals surface area contributed by atoms with Gasteiger partial charge in [0.2, 0.25) is 0 Å². The van der Waals surface area contributed by atoms with Crippen molar-refractivity contribution in [3.05, 3.63) is 20.9 Å². The van der Waals surface area contributed by atoms with Crippen LogP contribution in [0.4, 0.5) is 0 Å². The Morgan fingerprint density at radius 3 is 2.82 bits per heavy atom. The molecule has 0 N–H and O–H groups in total. The van der Waals surface area contributed by atoms with Gasteiger partial charge in [-0.1, -0.05) is 0 Å². The maximum atomic E-state index is 4.23. The fourth-order valence-electron chi connectivity index (χ4n) is 0.690. The van der Waals surface area contributed by atoms with Crippen molar-refractivity contribution in [2.75, 3.05) is 0 Å². The largest absolute Gasteiger partial charge is 0.242 e. The van der Waals surface area contributed by atoms with Crippen LogP contribution in [-0.4, -0.2) is 9.97 Å². The van der Waals surface area contributed by atoms with Crippen LogP contribution < -0.4 is 0 Å². The number of aromatic nitrogens is 2. The van der Waals surface area contributed by atoms with E-state index in [0.29, 0.717) is 0 Å². The standard InChI is InChI=1S/C6H3BrN2S2/c7-5-2-11-6(9-5)4-1-10-3-8-4/h1-3H. The molecule has 0 saturated carbocycles. The predicted octanol–water partition coefficient (Wildman–Crippen LogP) is 3.03. The van der Waals surface area contributed by atoms with E-state index in [9.17, 15) is 0 Å². The number of hydrogen-bond donors (Lipinski definition) is 0. The van der Waals surface area contributed by atoms with Gasteiger partial charge in [-0.3, -0.25) is 0 Å². The lowest BCUT2D eigenvalue weighted by molar-refractivity contribution is 1.32. The molecule has 2 rings (SSSR count). The highest BCUT2D eigenvalue weighted by Crippen LogP contribution is 2.25. The Kier molecular flexibility index (Phi) is 2.02. The van der Waals surface area contributed by atoms with Crippen molar-refractivity contribution in [3.63, 3.8) is 0 Å². The Morgan fingerprint density at radius 1 is 1.36 bits per heavy atom. The summed E-state index contributed by atoms with van der Waals surface area (Å²) in [6.45, 7) is 0. The summed E-state index contributed by atoms with van der Waals surface area (Å²) >= 11 is 6.47. The van der Waals surface area contributed by atoms with E-state index < -0.39 is 0 Å². The van der Waals surface area contributed by atoms with Crippen molar-refractivity contribution in [2.45, 2.75) is 0 Å². The molecule has 0 radical (unpaired) electrons. The van der Waals surface area contributed by atoms with E-state index in [2.05, 4.69) is 25.9 Å². The molecule has 5 heteroatoms. The van der Waals surface area contributed by atoms with Crippen molar-refractivity contribution in [1.82, 2.24) is 9.97 Å². The fourth-order valence-corrected chi connectivity index (χ4v) is 2.52. The van der Waals surface area contributed by atoms with Gasteiger partial charge >= 0.3 is 0 Å². The van der Waals surface area contributed by atoms with Gasteiger partial charge in [0.15, 0.2) is 0 Å². The van der Waals surface area contributed by atoms with E-state index in [4.69, 9.17) is 0 Å². The minimum Gasteiger partial charge on any atom is -0.242 e. The Balaban J connectivity index is 2.45. The van der Waals surface area contributed by atoms with E-state index >= 15 is 0 Å². The van der Waals surface area contributed by atoms with Gasteiger partial charge in [-0.2, -0.15) is 0 Å². The van der Waals surface area contributed by atoms with Crippen molar-refractivity contribution < 1.29 is 0 Å². The summed E-state index contributed by atoms with van der Waals surface area (Å²) in [7, 11) is 0. The number of thiazole rings is 2. The second-order valence-electron chi connectivity index (χ2n) is 1.85. The molecule has 0 aromatic carbocycles. The Bertz CT molecular complexity index is 341. The third kappa shape index (κ3) is 1.50. The molecule has 0 fully saturated rings. The first kappa shape index (κ1) is 7.39. The van der Waals surface area contributed by atoms with Crippen molar-refractivity contribution >= 4 is 38.6 Å². The first-order valence-electron chi connectivity index (χ1n) is 2.86. The summed E-state index contributed by atoms with van der Waals surface area (Å²) in [6.07, 6.45) is 0. The summed E-state index contributed by atoms with van der Waals surface area (Å²) in [4.78, 5) is 8.38. The summed E-state index contributed by atoms with van der Waals surface area (Å²) < 4.78 is 0.880. The molecule has 0 spiro atoms. The quantitative estimate of drug-likeness (QED) is 0.774. The smallest absolute Gasteiger partial charge is 0.144 e. The summed E-state index contributed by atoms with van der Waals surface area (Å²) in [6, 6.07) is 0. The van der Waals surface area contributed by atoms with E-state index in [1.54, 1.807) is 22.7 Å². The minimum atomic E-state index is 0.880. The Hall–Kier alpha value is -0.260. The third-order valence-corrected chi connectivity index (χ3v) is 3.29. The molecule has 0 saturated heterocycles. The SMILES string of the molecule is Brc1csc(-c2cscn2)n1. The zero-order valence-corrected chi connectivity index (χ0v) is 8.54. The topological polar surface area (TPSA) is 25.8 Å². The molecule has 2 nitrogen and oxygen atoms in total. The van der Waals surface area contributed by atoms with Crippen LogP contribution in [0.5, 0.6) is 0 Å². The van der Waals surface area contributed by atoms with Crippen LogP contribution in [0.3, 0.4) is 0 Å². The van der Waals surface area contributed by atoms with Crippen LogP contribution in [0.1, 0.15) is 0 Å². The summed E-state index contributed by atoms with van der Waals surface area (Å²) in [5, 5.41) is 4.91. The second-order valence-corrected chi connectivity index (χ2v) is 4.24. The highest BCUT2D eigenvalue weighted by molar-refractivity contribution is 9.10. The predicted molar refractivity (Wildman–Crippen MR) is 50.9 cm³/mol. The zero-order chi connectivity index (χ0) is 7.68. The van der Waals surface area contributed by atoms with Crippen molar-refractivity contribution in [1.29, 1.82) is 0 Å². The molecule has 2 aromatic heterocycles. The van der Waals surface area contributed by atoms with Gasteiger partial charge in [-0.15, -0.1) is 22.7 Å². The molecule has 11 heavy (non-hydrogen) atoms. The van der Waals surface area contributed by atoms with Gasteiger partial charge < -0.3 is 0 Å². The lowest BCUT2D eigenvalue weighted by Crippen LogP contribution is -1.72. The molecule has 0 amide bonds. The fraction of sp³-hybridized carbons (Fsp3) is 0. The molecule has 0 bridgehead atoms. The minimum absolute atomic E-state index is 0.880. The first-order valence-corrected chi connectivity index (χ1v) is 5.47. The molecule has 56 valence electrons. The van der Waals surface area contributed by atoms with E-state index in [-0.39, 0.29) is 0 Å². The van der Waals surface area contributed by atoms with Crippen LogP contribution in [0, 0.1) is 0 Å². The van der Waals surface area contributed by atoms with E-state index in [0.717, 1.165) is 15.3 Å². The molecule has 0 aliphatic heterocycles. The summed E-state index contributed by atoms with van der Waals surface area (Å²) in [5.41, 5.74) is 2.77. The molecule has 0 aliphatic rings. The van der Waals surface area contributed by atoms with Crippen molar-refractivity contribution in [2.24, 2.45) is 0 Å². The van der Waals surface area contributed by atoms with Crippen LogP contribution in [0.25, 0.3) is 10.7 Å². The van der Waals surface area contributed by atoms with Gasteiger partial charge in [0, 0.05) is 10.8 Å². The van der Waals surface area contributed by atoms with Crippen LogP contribution in [0.2, 0.25) is 0 Å². The van der Waals surface area contributed by atoms with Crippen LogP contribution in [0.15, 0.2) is 20.9 Å². The highest BCUT2D eigenvalue weighted by atomic mass is 79.9. The van der Waals surface area contributed by atoms with Gasteiger partial charge in [0.05, 0.1) is 5.51 Å². The molecule has 2 heterocycles. The lowest BCUT2D eigenvalue weighted by atomic mass is 10.5. The molecule has 0 atom stereocenters. The first-order chi connectivity index (χ1) is 5.36. The second kappa shape index (κ2) is 3.00. The van der Waals surface area contributed by atoms with Crippen molar-refractivity contribution in [3.8, 4) is 10.7 Å². The molecule has 0 aliphatic carbocycles. The summed E-state index contributed by atoms with van der Waals surface area (Å²) in [5.74, 6) is 0.